The second-order valence-electron chi connectivity index (χ2n) is 5.91. The molecule has 0 radical (unpaired) electrons. The van der Waals surface area contributed by atoms with E-state index in [9.17, 15) is 9.18 Å². The number of rotatable bonds is 2. The monoisotopic (exact) mass is 305 g/mol. The number of hydrogen-bond acceptors (Lipinski definition) is 1. The van der Waals surface area contributed by atoms with Crippen LogP contribution >= 0.6 is 11.6 Å². The molecule has 21 heavy (non-hydrogen) atoms. The Labute approximate surface area is 128 Å². The number of nitrogens with one attached hydrogen (secondary N) is 1. The Balaban J connectivity index is 2.21. The Hall–Kier alpha value is -1.87. The average molecular weight is 306 g/mol. The topological polar surface area (TPSA) is 29.1 Å². The molecule has 0 saturated heterocycles. The SMILES string of the molecule is CC(C)(C)c1ccc(NC(=O)c2cccc(Cl)c2)cc1F. The highest BCUT2D eigenvalue weighted by Gasteiger charge is 2.18. The number of halogens is 2. The molecule has 0 bridgehead atoms. The molecule has 110 valence electrons. The lowest BCUT2D eigenvalue weighted by Gasteiger charge is -2.20. The highest BCUT2D eigenvalue weighted by molar-refractivity contribution is 6.31. The van der Waals surface area contributed by atoms with Crippen LogP contribution in [0, 0.1) is 5.82 Å². The standard InChI is InChI=1S/C17H17ClFNO/c1-17(2,3)14-8-7-13(10-15(14)19)20-16(21)11-5-4-6-12(18)9-11/h4-10H,1-3H3,(H,20,21). The van der Waals surface area contributed by atoms with E-state index in [0.717, 1.165) is 0 Å². The zero-order valence-electron chi connectivity index (χ0n) is 12.2. The van der Waals surface area contributed by atoms with E-state index in [2.05, 4.69) is 5.32 Å². The van der Waals surface area contributed by atoms with Gasteiger partial charge in [0.1, 0.15) is 5.82 Å². The van der Waals surface area contributed by atoms with E-state index in [1.165, 1.54) is 6.07 Å². The van der Waals surface area contributed by atoms with Crippen LogP contribution in [0.4, 0.5) is 10.1 Å². The number of amides is 1. The van der Waals surface area contributed by atoms with Crippen molar-refractivity contribution in [2.45, 2.75) is 26.2 Å². The third kappa shape index (κ3) is 3.82. The summed E-state index contributed by atoms with van der Waals surface area (Å²) < 4.78 is 14.1. The van der Waals surface area contributed by atoms with Gasteiger partial charge in [-0.15, -0.1) is 0 Å². The van der Waals surface area contributed by atoms with Crippen LogP contribution in [0.3, 0.4) is 0 Å². The van der Waals surface area contributed by atoms with Crippen molar-refractivity contribution < 1.29 is 9.18 Å². The molecule has 2 nitrogen and oxygen atoms in total. The molecule has 1 N–H and O–H groups in total. The molecule has 2 rings (SSSR count). The summed E-state index contributed by atoms with van der Waals surface area (Å²) in [6.45, 7) is 5.82. The van der Waals surface area contributed by atoms with Gasteiger partial charge in [0.05, 0.1) is 0 Å². The molecule has 0 heterocycles. The molecule has 0 aliphatic carbocycles. The van der Waals surface area contributed by atoms with Gasteiger partial charge in [0, 0.05) is 16.3 Å². The molecular weight excluding hydrogens is 289 g/mol. The lowest BCUT2D eigenvalue weighted by Crippen LogP contribution is -2.15. The predicted molar refractivity (Wildman–Crippen MR) is 84.5 cm³/mol. The van der Waals surface area contributed by atoms with Crippen LogP contribution in [-0.4, -0.2) is 5.91 Å². The van der Waals surface area contributed by atoms with Crippen LogP contribution in [0.15, 0.2) is 42.5 Å². The van der Waals surface area contributed by atoms with Crippen molar-refractivity contribution in [3.63, 3.8) is 0 Å². The van der Waals surface area contributed by atoms with E-state index in [4.69, 9.17) is 11.6 Å². The Morgan fingerprint density at radius 3 is 2.43 bits per heavy atom. The van der Waals surface area contributed by atoms with Crippen molar-refractivity contribution in [3.05, 3.63) is 64.4 Å². The van der Waals surface area contributed by atoms with Crippen LogP contribution in [0.25, 0.3) is 0 Å². The van der Waals surface area contributed by atoms with Gasteiger partial charge < -0.3 is 5.32 Å². The first-order chi connectivity index (χ1) is 9.77. The zero-order valence-corrected chi connectivity index (χ0v) is 13.0. The van der Waals surface area contributed by atoms with Crippen molar-refractivity contribution in [1.29, 1.82) is 0 Å². The number of carbonyl (C=O) groups excluding carboxylic acids is 1. The minimum atomic E-state index is -0.327. The molecule has 0 aromatic heterocycles. The smallest absolute Gasteiger partial charge is 0.255 e. The zero-order chi connectivity index (χ0) is 15.6. The van der Waals surface area contributed by atoms with Crippen molar-refractivity contribution in [3.8, 4) is 0 Å². The molecule has 0 aliphatic rings. The summed E-state index contributed by atoms with van der Waals surface area (Å²) in [6.07, 6.45) is 0. The molecule has 0 atom stereocenters. The lowest BCUT2D eigenvalue weighted by atomic mass is 9.86. The van der Waals surface area contributed by atoms with Gasteiger partial charge >= 0.3 is 0 Å². The van der Waals surface area contributed by atoms with E-state index in [1.807, 2.05) is 20.8 Å². The quantitative estimate of drug-likeness (QED) is 0.828. The van der Waals surface area contributed by atoms with Crippen molar-refractivity contribution in [1.82, 2.24) is 0 Å². The Kier molecular flexibility index (Phi) is 4.33. The predicted octanol–water partition coefficient (Wildman–Crippen LogP) is 5.03. The normalized spacial score (nSPS) is 11.3. The fraction of sp³-hybridized carbons (Fsp3) is 0.235. The first kappa shape index (κ1) is 15.5. The summed E-state index contributed by atoms with van der Waals surface area (Å²) in [5, 5.41) is 3.15. The summed E-state index contributed by atoms with van der Waals surface area (Å²) >= 11 is 5.85. The highest BCUT2D eigenvalue weighted by Crippen LogP contribution is 2.27. The molecule has 2 aromatic rings. The van der Waals surface area contributed by atoms with Crippen molar-refractivity contribution in [2.75, 3.05) is 5.32 Å². The summed E-state index contributed by atoms with van der Waals surface area (Å²) in [4.78, 5) is 12.1. The summed E-state index contributed by atoms with van der Waals surface area (Å²) in [6, 6.07) is 11.3. The second-order valence-corrected chi connectivity index (χ2v) is 6.35. The van der Waals surface area contributed by atoms with E-state index in [1.54, 1.807) is 36.4 Å². The molecule has 0 saturated carbocycles. The van der Waals surface area contributed by atoms with Gasteiger partial charge in [0.2, 0.25) is 0 Å². The average Bonchev–Trinajstić information content (AvgIpc) is 2.37. The van der Waals surface area contributed by atoms with Crippen LogP contribution < -0.4 is 5.32 Å². The first-order valence-electron chi connectivity index (χ1n) is 6.64. The molecule has 1 amide bonds. The fourth-order valence-electron chi connectivity index (χ4n) is 2.03. The number of hydrogen-bond donors (Lipinski definition) is 1. The van der Waals surface area contributed by atoms with Gasteiger partial charge in [0.25, 0.3) is 5.91 Å². The fourth-order valence-corrected chi connectivity index (χ4v) is 2.22. The maximum absolute atomic E-state index is 14.1. The Morgan fingerprint density at radius 1 is 1.14 bits per heavy atom. The van der Waals surface area contributed by atoms with Crippen LogP contribution in [0.5, 0.6) is 0 Å². The molecule has 4 heteroatoms. The van der Waals surface area contributed by atoms with E-state index in [0.29, 0.717) is 21.8 Å². The van der Waals surface area contributed by atoms with Crippen LogP contribution in [0.2, 0.25) is 5.02 Å². The summed E-state index contributed by atoms with van der Waals surface area (Å²) in [5.74, 6) is -0.646. The van der Waals surface area contributed by atoms with Crippen LogP contribution in [-0.2, 0) is 5.41 Å². The maximum Gasteiger partial charge on any atom is 0.255 e. The number of benzene rings is 2. The molecule has 0 aliphatic heterocycles. The van der Waals surface area contributed by atoms with E-state index < -0.39 is 0 Å². The second kappa shape index (κ2) is 5.86. The molecule has 0 unspecified atom stereocenters. The van der Waals surface area contributed by atoms with Gasteiger partial charge in [-0.1, -0.05) is 44.5 Å². The highest BCUT2D eigenvalue weighted by atomic mass is 35.5. The minimum absolute atomic E-state index is 0.278. The summed E-state index contributed by atoms with van der Waals surface area (Å²) in [7, 11) is 0. The number of anilines is 1. The van der Waals surface area contributed by atoms with Crippen molar-refractivity contribution >= 4 is 23.2 Å². The van der Waals surface area contributed by atoms with Gasteiger partial charge in [-0.25, -0.2) is 4.39 Å². The van der Waals surface area contributed by atoms with Gasteiger partial charge in [-0.2, -0.15) is 0 Å². The molecular formula is C17H17ClFNO. The molecule has 0 spiro atoms. The third-order valence-electron chi connectivity index (χ3n) is 3.12. The van der Waals surface area contributed by atoms with Gasteiger partial charge in [-0.05, 0) is 41.3 Å². The Morgan fingerprint density at radius 2 is 1.86 bits per heavy atom. The van der Waals surface area contributed by atoms with Gasteiger partial charge in [-0.3, -0.25) is 4.79 Å². The largest absolute Gasteiger partial charge is 0.322 e. The van der Waals surface area contributed by atoms with E-state index >= 15 is 0 Å². The third-order valence-corrected chi connectivity index (χ3v) is 3.36. The van der Waals surface area contributed by atoms with Crippen LogP contribution in [0.1, 0.15) is 36.7 Å². The number of carbonyl (C=O) groups is 1. The van der Waals surface area contributed by atoms with Crippen molar-refractivity contribution in [2.24, 2.45) is 0 Å². The molecule has 2 aromatic carbocycles. The summed E-state index contributed by atoms with van der Waals surface area (Å²) in [5.41, 5.74) is 1.19. The van der Waals surface area contributed by atoms with Gasteiger partial charge in [0.15, 0.2) is 0 Å². The van der Waals surface area contributed by atoms with E-state index in [-0.39, 0.29) is 17.1 Å². The first-order valence-corrected chi connectivity index (χ1v) is 7.02. The lowest BCUT2D eigenvalue weighted by molar-refractivity contribution is 0.102. The maximum atomic E-state index is 14.1. The molecule has 0 fully saturated rings. The Bertz CT molecular complexity index is 677. The minimum Gasteiger partial charge on any atom is -0.322 e.